The highest BCUT2D eigenvalue weighted by Crippen LogP contribution is 2.32. The van der Waals surface area contributed by atoms with Gasteiger partial charge in [-0.2, -0.15) is 5.10 Å². The zero-order valence-corrected chi connectivity index (χ0v) is 17.8. The first kappa shape index (κ1) is 21.3. The number of nitrogens with zero attached hydrogens (tertiary/aromatic N) is 2. The molecule has 1 aromatic heterocycles. The van der Waals surface area contributed by atoms with Gasteiger partial charge in [0.15, 0.2) is 5.69 Å². The summed E-state index contributed by atoms with van der Waals surface area (Å²) < 4.78 is 5.11. The van der Waals surface area contributed by atoms with Crippen molar-refractivity contribution in [3.8, 4) is 5.75 Å². The van der Waals surface area contributed by atoms with Crippen molar-refractivity contribution in [1.82, 2.24) is 20.4 Å². The molecule has 0 saturated carbocycles. The molecule has 3 aromatic rings. The first-order chi connectivity index (χ1) is 15.5. The Bertz CT molecular complexity index is 1300. The molecule has 10 heteroatoms. The molecule has 3 amide bonds. The Labute approximate surface area is 186 Å². The Balaban J connectivity index is 1.41. The van der Waals surface area contributed by atoms with Gasteiger partial charge in [-0.25, -0.2) is 5.10 Å². The SMILES string of the molecule is COc1ccc(C=C2SC(=O)N(CCNC(=O)c3n[nH]c(=O)c4ccccc34)C2=O)cc1. The number of aromatic amines is 1. The van der Waals surface area contributed by atoms with Crippen molar-refractivity contribution in [3.63, 3.8) is 0 Å². The minimum atomic E-state index is -0.516. The average molecular weight is 450 g/mol. The van der Waals surface area contributed by atoms with Crippen molar-refractivity contribution in [2.24, 2.45) is 0 Å². The van der Waals surface area contributed by atoms with E-state index < -0.39 is 22.6 Å². The molecule has 1 aliphatic rings. The van der Waals surface area contributed by atoms with E-state index in [0.29, 0.717) is 21.4 Å². The third kappa shape index (κ3) is 4.26. The van der Waals surface area contributed by atoms with Crippen LogP contribution in [0.15, 0.2) is 58.2 Å². The van der Waals surface area contributed by atoms with Gasteiger partial charge in [-0.05, 0) is 41.6 Å². The lowest BCUT2D eigenvalue weighted by atomic mass is 10.1. The van der Waals surface area contributed by atoms with E-state index in [1.165, 1.54) is 0 Å². The molecule has 2 heterocycles. The highest BCUT2D eigenvalue weighted by Gasteiger charge is 2.34. The number of thioether (sulfide) groups is 1. The number of carbonyl (C=O) groups is 3. The summed E-state index contributed by atoms with van der Waals surface area (Å²) in [6.45, 7) is 0.0550. The Morgan fingerprint density at radius 1 is 1.12 bits per heavy atom. The molecule has 0 atom stereocenters. The summed E-state index contributed by atoms with van der Waals surface area (Å²) in [5, 5.41) is 9.15. The number of aromatic nitrogens is 2. The highest BCUT2D eigenvalue weighted by atomic mass is 32.2. The standard InChI is InChI=1S/C22H18N4O5S/c1-31-14-8-6-13(7-9-14)12-17-21(29)26(22(30)32-17)11-10-23-20(28)18-15-4-2-3-5-16(15)19(27)25-24-18/h2-9,12H,10-11H2,1H3,(H,23,28)(H,25,27). The van der Waals surface area contributed by atoms with Gasteiger partial charge in [-0.1, -0.05) is 30.3 Å². The van der Waals surface area contributed by atoms with Crippen LogP contribution in [0.4, 0.5) is 4.79 Å². The molecule has 0 bridgehead atoms. The third-order valence-corrected chi connectivity index (χ3v) is 5.73. The van der Waals surface area contributed by atoms with E-state index in [1.54, 1.807) is 61.7 Å². The first-order valence-corrected chi connectivity index (χ1v) is 10.4. The van der Waals surface area contributed by atoms with Crippen LogP contribution in [-0.2, 0) is 4.79 Å². The number of rotatable bonds is 6. The Morgan fingerprint density at radius 2 is 1.84 bits per heavy atom. The second kappa shape index (κ2) is 9.06. The van der Waals surface area contributed by atoms with Crippen molar-refractivity contribution < 1.29 is 19.1 Å². The topological polar surface area (TPSA) is 121 Å². The van der Waals surface area contributed by atoms with E-state index in [1.807, 2.05) is 0 Å². The number of amides is 3. The van der Waals surface area contributed by atoms with Crippen LogP contribution in [0.3, 0.4) is 0 Å². The van der Waals surface area contributed by atoms with Crippen LogP contribution in [0.2, 0.25) is 0 Å². The molecule has 1 saturated heterocycles. The van der Waals surface area contributed by atoms with Gasteiger partial charge in [0.05, 0.1) is 17.4 Å². The molecule has 2 aromatic carbocycles. The van der Waals surface area contributed by atoms with Crippen molar-refractivity contribution in [3.05, 3.63) is 75.0 Å². The normalized spacial score (nSPS) is 14.9. The van der Waals surface area contributed by atoms with Gasteiger partial charge in [-0.3, -0.25) is 24.1 Å². The molecule has 0 unspecified atom stereocenters. The number of benzene rings is 2. The molecule has 9 nitrogen and oxygen atoms in total. The smallest absolute Gasteiger partial charge is 0.293 e. The third-order valence-electron chi connectivity index (χ3n) is 4.82. The molecule has 0 radical (unpaired) electrons. The fourth-order valence-electron chi connectivity index (χ4n) is 3.20. The molecule has 32 heavy (non-hydrogen) atoms. The quantitative estimate of drug-likeness (QED) is 0.553. The Hall–Kier alpha value is -3.92. The Morgan fingerprint density at radius 3 is 2.56 bits per heavy atom. The molecule has 1 aliphatic heterocycles. The Kier molecular flexibility index (Phi) is 6.04. The van der Waals surface area contributed by atoms with Crippen LogP contribution in [0.5, 0.6) is 5.75 Å². The van der Waals surface area contributed by atoms with Crippen LogP contribution in [0.25, 0.3) is 16.8 Å². The zero-order valence-electron chi connectivity index (χ0n) is 17.0. The van der Waals surface area contributed by atoms with Gasteiger partial charge in [0.25, 0.3) is 22.6 Å². The number of hydrogen-bond acceptors (Lipinski definition) is 7. The van der Waals surface area contributed by atoms with Gasteiger partial charge in [0.2, 0.25) is 0 Å². The number of imide groups is 1. The van der Waals surface area contributed by atoms with Crippen molar-refractivity contribution in [2.45, 2.75) is 0 Å². The number of hydrogen-bond donors (Lipinski definition) is 2. The maximum absolute atomic E-state index is 12.6. The maximum Gasteiger partial charge on any atom is 0.293 e. The van der Waals surface area contributed by atoms with Gasteiger partial charge in [0, 0.05) is 18.5 Å². The second-order valence-corrected chi connectivity index (χ2v) is 7.80. The minimum Gasteiger partial charge on any atom is -0.497 e. The number of fused-ring (bicyclic) bond motifs is 1. The second-order valence-electron chi connectivity index (χ2n) is 6.81. The van der Waals surface area contributed by atoms with Crippen LogP contribution in [0, 0.1) is 0 Å². The highest BCUT2D eigenvalue weighted by molar-refractivity contribution is 8.18. The molecule has 2 N–H and O–H groups in total. The van der Waals surface area contributed by atoms with Gasteiger partial charge >= 0.3 is 0 Å². The fourth-order valence-corrected chi connectivity index (χ4v) is 4.06. The summed E-state index contributed by atoms with van der Waals surface area (Å²) in [5.74, 6) is -0.244. The van der Waals surface area contributed by atoms with E-state index >= 15 is 0 Å². The summed E-state index contributed by atoms with van der Waals surface area (Å²) in [6, 6.07) is 13.7. The lowest BCUT2D eigenvalue weighted by molar-refractivity contribution is -0.122. The fraction of sp³-hybridized carbons (Fsp3) is 0.136. The van der Waals surface area contributed by atoms with Gasteiger partial charge < -0.3 is 10.1 Å². The van der Waals surface area contributed by atoms with E-state index in [9.17, 15) is 19.2 Å². The average Bonchev–Trinajstić information content (AvgIpc) is 3.07. The predicted octanol–water partition coefficient (Wildman–Crippen LogP) is 2.40. The number of carbonyl (C=O) groups excluding carboxylic acids is 3. The number of ether oxygens (including phenoxy) is 1. The molecule has 0 spiro atoms. The molecule has 4 rings (SSSR count). The van der Waals surface area contributed by atoms with Crippen LogP contribution < -0.4 is 15.6 Å². The summed E-state index contributed by atoms with van der Waals surface area (Å²) in [5.41, 5.74) is 0.438. The molecular weight excluding hydrogens is 432 g/mol. The number of nitrogens with one attached hydrogen (secondary N) is 2. The number of methoxy groups -OCH3 is 1. The van der Waals surface area contributed by atoms with Gasteiger partial charge in [-0.15, -0.1) is 0 Å². The van der Waals surface area contributed by atoms with E-state index in [4.69, 9.17) is 4.74 Å². The van der Waals surface area contributed by atoms with Gasteiger partial charge in [0.1, 0.15) is 5.75 Å². The van der Waals surface area contributed by atoms with Crippen LogP contribution >= 0.6 is 11.8 Å². The van der Waals surface area contributed by atoms with Crippen molar-refractivity contribution in [2.75, 3.05) is 20.2 Å². The molecular formula is C22H18N4O5S. The lowest BCUT2D eigenvalue weighted by Crippen LogP contribution is -2.37. The van der Waals surface area contributed by atoms with E-state index in [-0.39, 0.29) is 18.8 Å². The summed E-state index contributed by atoms with van der Waals surface area (Å²) in [7, 11) is 1.56. The summed E-state index contributed by atoms with van der Waals surface area (Å²) in [4.78, 5) is 50.7. The largest absolute Gasteiger partial charge is 0.497 e. The number of H-pyrrole nitrogens is 1. The predicted molar refractivity (Wildman–Crippen MR) is 120 cm³/mol. The van der Waals surface area contributed by atoms with E-state index in [0.717, 1.165) is 22.2 Å². The molecule has 1 fully saturated rings. The minimum absolute atomic E-state index is 0.0116. The summed E-state index contributed by atoms with van der Waals surface area (Å²) >= 11 is 0.848. The summed E-state index contributed by atoms with van der Waals surface area (Å²) in [6.07, 6.45) is 1.64. The van der Waals surface area contributed by atoms with Crippen LogP contribution in [-0.4, -0.2) is 52.4 Å². The monoisotopic (exact) mass is 450 g/mol. The van der Waals surface area contributed by atoms with Crippen LogP contribution in [0.1, 0.15) is 16.1 Å². The molecule has 0 aliphatic carbocycles. The lowest BCUT2D eigenvalue weighted by Gasteiger charge is -2.13. The van der Waals surface area contributed by atoms with Crippen molar-refractivity contribution >= 4 is 45.7 Å². The zero-order chi connectivity index (χ0) is 22.7. The molecule has 162 valence electrons. The van der Waals surface area contributed by atoms with Crippen molar-refractivity contribution in [1.29, 1.82) is 0 Å². The van der Waals surface area contributed by atoms with E-state index in [2.05, 4.69) is 15.5 Å². The first-order valence-electron chi connectivity index (χ1n) is 9.63. The maximum atomic E-state index is 12.6.